The van der Waals surface area contributed by atoms with Crippen LogP contribution in [0.4, 0.5) is 11.4 Å². The molecule has 2 fully saturated rings. The van der Waals surface area contributed by atoms with Gasteiger partial charge < -0.3 is 19.3 Å². The first-order valence-electron chi connectivity index (χ1n) is 12.7. The minimum absolute atomic E-state index is 0.103. The molecule has 8 nitrogen and oxygen atoms in total. The van der Waals surface area contributed by atoms with Crippen molar-refractivity contribution in [1.29, 1.82) is 0 Å². The van der Waals surface area contributed by atoms with E-state index >= 15 is 0 Å². The molecule has 2 atom stereocenters. The van der Waals surface area contributed by atoms with Gasteiger partial charge in [-0.05, 0) is 55.9 Å². The zero-order valence-electron chi connectivity index (χ0n) is 21.2. The average molecular weight is 492 g/mol. The van der Waals surface area contributed by atoms with Crippen LogP contribution < -0.4 is 19.3 Å². The Morgan fingerprint density at radius 2 is 1.69 bits per heavy atom. The topological polar surface area (TPSA) is 79.4 Å². The molecule has 0 aromatic heterocycles. The van der Waals surface area contributed by atoms with E-state index < -0.39 is 0 Å². The molecule has 0 unspecified atom stereocenters. The molecular weight excluding hydrogens is 458 g/mol. The number of anilines is 2. The van der Waals surface area contributed by atoms with Crippen molar-refractivity contribution in [3.63, 3.8) is 0 Å². The Bertz CT molecular complexity index is 1200. The van der Waals surface area contributed by atoms with Crippen LogP contribution in [0.15, 0.2) is 36.4 Å². The van der Waals surface area contributed by atoms with Gasteiger partial charge in [-0.25, -0.2) is 4.90 Å². The predicted molar refractivity (Wildman–Crippen MR) is 137 cm³/mol. The monoisotopic (exact) mass is 491 g/mol. The van der Waals surface area contributed by atoms with Gasteiger partial charge in [-0.1, -0.05) is 13.0 Å². The van der Waals surface area contributed by atoms with Gasteiger partial charge in [0.05, 0.1) is 42.6 Å². The second-order valence-corrected chi connectivity index (χ2v) is 10.0. The lowest BCUT2D eigenvalue weighted by atomic mass is 9.93. The number of amides is 3. The number of carbonyl (C=O) groups excluding carboxylic acids is 3. The summed E-state index contributed by atoms with van der Waals surface area (Å²) in [5, 5.41) is 0. The van der Waals surface area contributed by atoms with Gasteiger partial charge in [-0.15, -0.1) is 0 Å². The molecule has 0 saturated carbocycles. The van der Waals surface area contributed by atoms with Crippen LogP contribution in [0.2, 0.25) is 0 Å². The molecule has 5 rings (SSSR count). The highest BCUT2D eigenvalue weighted by molar-refractivity contribution is 6.36. The molecule has 0 N–H and O–H groups in total. The number of methoxy groups -OCH3 is 2. The van der Waals surface area contributed by atoms with Crippen LogP contribution in [-0.4, -0.2) is 63.0 Å². The van der Waals surface area contributed by atoms with Crippen LogP contribution in [0.1, 0.15) is 53.3 Å². The molecule has 3 amide bonds. The molecule has 3 aliphatic heterocycles. The minimum atomic E-state index is -0.365. The van der Waals surface area contributed by atoms with E-state index in [1.165, 1.54) is 25.5 Å². The molecule has 36 heavy (non-hydrogen) atoms. The molecule has 0 spiro atoms. The largest absolute Gasteiger partial charge is 0.493 e. The van der Waals surface area contributed by atoms with Crippen LogP contribution in [0.5, 0.6) is 11.5 Å². The summed E-state index contributed by atoms with van der Waals surface area (Å²) in [5.41, 5.74) is 1.93. The van der Waals surface area contributed by atoms with Gasteiger partial charge in [-0.3, -0.25) is 14.4 Å². The van der Waals surface area contributed by atoms with E-state index in [1.807, 2.05) is 17.0 Å². The third-order valence-electron chi connectivity index (χ3n) is 7.60. The van der Waals surface area contributed by atoms with Crippen LogP contribution in [0, 0.1) is 11.8 Å². The Kier molecular flexibility index (Phi) is 6.60. The molecular formula is C28H33N3O5. The molecule has 0 radical (unpaired) electrons. The summed E-state index contributed by atoms with van der Waals surface area (Å²) in [6, 6.07) is 10.4. The van der Waals surface area contributed by atoms with E-state index in [9.17, 15) is 14.4 Å². The van der Waals surface area contributed by atoms with Gasteiger partial charge >= 0.3 is 0 Å². The van der Waals surface area contributed by atoms with Gasteiger partial charge in [0.15, 0.2) is 11.5 Å². The third-order valence-corrected chi connectivity index (χ3v) is 7.60. The van der Waals surface area contributed by atoms with Crippen molar-refractivity contribution in [1.82, 2.24) is 4.90 Å². The number of carbonyl (C=O) groups is 3. The molecule has 0 bridgehead atoms. The smallest absolute Gasteiger partial charge is 0.268 e. The number of imide groups is 1. The molecule has 2 aromatic rings. The number of rotatable bonds is 5. The van der Waals surface area contributed by atoms with Crippen molar-refractivity contribution < 1.29 is 23.9 Å². The first-order valence-corrected chi connectivity index (χ1v) is 12.7. The Morgan fingerprint density at radius 3 is 2.44 bits per heavy atom. The van der Waals surface area contributed by atoms with Crippen molar-refractivity contribution in [3.8, 4) is 11.5 Å². The molecule has 2 aromatic carbocycles. The second kappa shape index (κ2) is 9.84. The first-order chi connectivity index (χ1) is 17.4. The van der Waals surface area contributed by atoms with E-state index in [0.29, 0.717) is 40.8 Å². The van der Waals surface area contributed by atoms with Crippen molar-refractivity contribution in [2.45, 2.75) is 32.6 Å². The van der Waals surface area contributed by atoms with Crippen LogP contribution in [0.25, 0.3) is 0 Å². The highest BCUT2D eigenvalue weighted by atomic mass is 16.5. The quantitative estimate of drug-likeness (QED) is 0.589. The fourth-order valence-corrected chi connectivity index (χ4v) is 5.77. The Morgan fingerprint density at radius 1 is 0.917 bits per heavy atom. The summed E-state index contributed by atoms with van der Waals surface area (Å²) >= 11 is 0. The minimum Gasteiger partial charge on any atom is -0.493 e. The van der Waals surface area contributed by atoms with E-state index in [2.05, 4.69) is 11.8 Å². The van der Waals surface area contributed by atoms with E-state index in [4.69, 9.17) is 9.47 Å². The van der Waals surface area contributed by atoms with Crippen molar-refractivity contribution in [2.75, 3.05) is 50.2 Å². The van der Waals surface area contributed by atoms with Crippen molar-refractivity contribution in [3.05, 3.63) is 47.5 Å². The average Bonchev–Trinajstić information content (AvgIpc) is 3.17. The van der Waals surface area contributed by atoms with Gasteiger partial charge in [0, 0.05) is 32.2 Å². The van der Waals surface area contributed by atoms with E-state index in [-0.39, 0.29) is 23.6 Å². The summed E-state index contributed by atoms with van der Waals surface area (Å²) in [6.45, 7) is 5.15. The first kappa shape index (κ1) is 24.2. The summed E-state index contributed by atoms with van der Waals surface area (Å²) in [6.07, 6.45) is 3.94. The lowest BCUT2D eigenvalue weighted by molar-refractivity contribution is -0.137. The molecule has 2 saturated heterocycles. The van der Waals surface area contributed by atoms with Crippen LogP contribution >= 0.6 is 0 Å². The fraction of sp³-hybridized carbons (Fsp3) is 0.464. The number of hydrogen-bond acceptors (Lipinski definition) is 6. The zero-order chi connectivity index (χ0) is 25.4. The number of ether oxygens (including phenoxy) is 2. The predicted octanol–water partition coefficient (Wildman–Crippen LogP) is 3.98. The van der Waals surface area contributed by atoms with Gasteiger partial charge in [0.2, 0.25) is 5.91 Å². The van der Waals surface area contributed by atoms with Gasteiger partial charge in [0.25, 0.3) is 11.8 Å². The fourth-order valence-electron chi connectivity index (χ4n) is 5.77. The zero-order valence-corrected chi connectivity index (χ0v) is 21.2. The summed E-state index contributed by atoms with van der Waals surface area (Å²) in [4.78, 5) is 45.7. The van der Waals surface area contributed by atoms with Crippen molar-refractivity contribution >= 4 is 29.1 Å². The number of benzene rings is 2. The molecule has 3 aliphatic rings. The van der Waals surface area contributed by atoms with E-state index in [0.717, 1.165) is 44.6 Å². The maximum atomic E-state index is 13.7. The lowest BCUT2D eigenvalue weighted by Crippen LogP contribution is -2.48. The lowest BCUT2D eigenvalue weighted by Gasteiger charge is -2.38. The number of nitrogens with zero attached hydrogens (tertiary/aromatic N) is 3. The normalized spacial score (nSPS) is 22.0. The SMILES string of the molecule is COc1ccc(N2C(=O)c3cccc(N4CCC[C@H](C(=O)N5CCC[C@@H](C)C5)C4)c3C2=O)cc1OC. The molecule has 0 aliphatic carbocycles. The summed E-state index contributed by atoms with van der Waals surface area (Å²) < 4.78 is 10.7. The van der Waals surface area contributed by atoms with Crippen LogP contribution in [0.3, 0.4) is 0 Å². The Labute approximate surface area is 211 Å². The molecule has 8 heteroatoms. The number of likely N-dealkylation sites (tertiary alicyclic amines) is 1. The summed E-state index contributed by atoms with van der Waals surface area (Å²) in [7, 11) is 3.05. The van der Waals surface area contributed by atoms with Gasteiger partial charge in [0.1, 0.15) is 0 Å². The highest BCUT2D eigenvalue weighted by Gasteiger charge is 2.41. The molecule has 190 valence electrons. The maximum Gasteiger partial charge on any atom is 0.268 e. The Hall–Kier alpha value is -3.55. The van der Waals surface area contributed by atoms with Crippen molar-refractivity contribution in [2.24, 2.45) is 11.8 Å². The molecule has 3 heterocycles. The highest BCUT2D eigenvalue weighted by Crippen LogP contribution is 2.39. The Balaban J connectivity index is 1.41. The number of piperidine rings is 2. The standard InChI is InChI=1S/C28H33N3O5/c1-18-7-5-14-30(16-18)26(32)19-8-6-13-29(17-19)22-10-4-9-21-25(22)28(34)31(27(21)33)20-11-12-23(35-2)24(15-20)36-3/h4,9-12,15,18-19H,5-8,13-14,16-17H2,1-3H3/t18-,19+/m1/s1. The second-order valence-electron chi connectivity index (χ2n) is 10.0. The maximum absolute atomic E-state index is 13.7. The number of fused-ring (bicyclic) bond motifs is 1. The third kappa shape index (κ3) is 4.18. The van der Waals surface area contributed by atoms with Gasteiger partial charge in [-0.2, -0.15) is 0 Å². The summed E-state index contributed by atoms with van der Waals surface area (Å²) in [5.74, 6) is 0.877. The van der Waals surface area contributed by atoms with Crippen LogP contribution in [-0.2, 0) is 4.79 Å². The number of hydrogen-bond donors (Lipinski definition) is 0. The van der Waals surface area contributed by atoms with E-state index in [1.54, 1.807) is 24.3 Å².